The minimum atomic E-state index is -0.184. The van der Waals surface area contributed by atoms with Crippen LogP contribution in [-0.2, 0) is 0 Å². The molecule has 1 aromatic rings. The normalized spacial score (nSPS) is 12.5. The third-order valence-corrected chi connectivity index (χ3v) is 2.25. The molecule has 1 rings (SSSR count). The van der Waals surface area contributed by atoms with Crippen LogP contribution in [-0.4, -0.2) is 15.7 Å². The fraction of sp³-hybridized carbons (Fsp3) is 0.300. The third-order valence-electron chi connectivity index (χ3n) is 1.84. The van der Waals surface area contributed by atoms with Crippen molar-refractivity contribution in [2.75, 3.05) is 0 Å². The van der Waals surface area contributed by atoms with Crippen molar-refractivity contribution in [2.45, 2.75) is 18.7 Å². The Kier molecular flexibility index (Phi) is 3.09. The SMILES string of the molecule is Cc1cc(O)ccc1C(=O)C(C)Br. The molecule has 1 atom stereocenters. The lowest BCUT2D eigenvalue weighted by molar-refractivity contribution is 0.0995. The maximum absolute atomic E-state index is 11.5. The van der Waals surface area contributed by atoms with E-state index in [2.05, 4.69) is 15.9 Å². The summed E-state index contributed by atoms with van der Waals surface area (Å²) in [6.45, 7) is 3.59. The molecule has 3 heteroatoms. The number of benzene rings is 1. The first-order valence-electron chi connectivity index (χ1n) is 4.00. The van der Waals surface area contributed by atoms with Gasteiger partial charge in [0.2, 0.25) is 0 Å². The second-order valence-corrected chi connectivity index (χ2v) is 4.35. The zero-order valence-corrected chi connectivity index (χ0v) is 9.13. The summed E-state index contributed by atoms with van der Waals surface area (Å²) in [7, 11) is 0. The van der Waals surface area contributed by atoms with Gasteiger partial charge in [0.15, 0.2) is 5.78 Å². The summed E-state index contributed by atoms with van der Waals surface area (Å²) in [6, 6.07) is 4.75. The van der Waals surface area contributed by atoms with E-state index in [0.29, 0.717) is 5.56 Å². The predicted octanol–water partition coefficient (Wildman–Crippen LogP) is 2.67. The maximum Gasteiger partial charge on any atom is 0.176 e. The molecule has 0 aliphatic heterocycles. The van der Waals surface area contributed by atoms with Crippen molar-refractivity contribution in [3.05, 3.63) is 29.3 Å². The summed E-state index contributed by atoms with van der Waals surface area (Å²) in [5.41, 5.74) is 1.46. The van der Waals surface area contributed by atoms with Crippen molar-refractivity contribution in [1.29, 1.82) is 0 Å². The Morgan fingerprint density at radius 1 is 1.54 bits per heavy atom. The lowest BCUT2D eigenvalue weighted by Gasteiger charge is -2.06. The highest BCUT2D eigenvalue weighted by atomic mass is 79.9. The summed E-state index contributed by atoms with van der Waals surface area (Å²) >= 11 is 3.22. The van der Waals surface area contributed by atoms with Gasteiger partial charge in [-0.25, -0.2) is 0 Å². The molecule has 13 heavy (non-hydrogen) atoms. The van der Waals surface area contributed by atoms with Crippen LogP contribution < -0.4 is 0 Å². The number of Topliss-reactive ketones (excluding diaryl/α,β-unsaturated/α-hetero) is 1. The van der Waals surface area contributed by atoms with E-state index in [1.54, 1.807) is 19.1 Å². The first kappa shape index (κ1) is 10.3. The number of phenols is 1. The molecule has 0 aromatic heterocycles. The Hall–Kier alpha value is -0.830. The van der Waals surface area contributed by atoms with E-state index >= 15 is 0 Å². The fourth-order valence-corrected chi connectivity index (χ4v) is 1.39. The molecule has 0 saturated heterocycles. The summed E-state index contributed by atoms with van der Waals surface area (Å²) in [6.07, 6.45) is 0. The van der Waals surface area contributed by atoms with E-state index in [1.165, 1.54) is 6.07 Å². The van der Waals surface area contributed by atoms with E-state index in [9.17, 15) is 4.79 Å². The quantitative estimate of drug-likeness (QED) is 0.640. The number of halogens is 1. The lowest BCUT2D eigenvalue weighted by Crippen LogP contribution is -2.11. The molecule has 1 aromatic carbocycles. The van der Waals surface area contributed by atoms with Crippen molar-refractivity contribution < 1.29 is 9.90 Å². The van der Waals surface area contributed by atoms with Crippen molar-refractivity contribution in [1.82, 2.24) is 0 Å². The summed E-state index contributed by atoms with van der Waals surface area (Å²) < 4.78 is 0. The zero-order valence-electron chi connectivity index (χ0n) is 7.54. The Balaban J connectivity index is 3.09. The second-order valence-electron chi connectivity index (χ2n) is 2.98. The van der Waals surface area contributed by atoms with Gasteiger partial charge < -0.3 is 5.11 Å². The van der Waals surface area contributed by atoms with Crippen molar-refractivity contribution in [3.8, 4) is 5.75 Å². The average Bonchev–Trinajstić information content (AvgIpc) is 2.03. The molecule has 0 bridgehead atoms. The summed E-state index contributed by atoms with van der Waals surface area (Å²) in [5, 5.41) is 9.13. The molecule has 0 radical (unpaired) electrons. The molecule has 1 N–H and O–H groups in total. The minimum absolute atomic E-state index is 0.0394. The number of carbonyl (C=O) groups is 1. The van der Waals surface area contributed by atoms with E-state index in [0.717, 1.165) is 5.56 Å². The Morgan fingerprint density at radius 3 is 2.62 bits per heavy atom. The number of hydrogen-bond acceptors (Lipinski definition) is 2. The molecular weight excluding hydrogens is 232 g/mol. The van der Waals surface area contributed by atoms with Gasteiger partial charge in [-0.3, -0.25) is 4.79 Å². The van der Waals surface area contributed by atoms with Crippen LogP contribution in [0.3, 0.4) is 0 Å². The van der Waals surface area contributed by atoms with E-state index in [-0.39, 0.29) is 16.4 Å². The average molecular weight is 243 g/mol. The van der Waals surface area contributed by atoms with Crippen LogP contribution in [0.1, 0.15) is 22.8 Å². The van der Waals surface area contributed by atoms with Gasteiger partial charge >= 0.3 is 0 Å². The number of rotatable bonds is 2. The smallest absolute Gasteiger partial charge is 0.176 e. The Bertz CT molecular complexity index is 332. The number of carbonyl (C=O) groups excluding carboxylic acids is 1. The molecule has 70 valence electrons. The van der Waals surface area contributed by atoms with Crippen LogP contribution in [0.4, 0.5) is 0 Å². The van der Waals surface area contributed by atoms with Gasteiger partial charge in [-0.05, 0) is 37.6 Å². The zero-order chi connectivity index (χ0) is 10.0. The van der Waals surface area contributed by atoms with Crippen LogP contribution >= 0.6 is 15.9 Å². The van der Waals surface area contributed by atoms with Gasteiger partial charge in [0.25, 0.3) is 0 Å². The van der Waals surface area contributed by atoms with Crippen LogP contribution in [0.5, 0.6) is 5.75 Å². The van der Waals surface area contributed by atoms with Crippen LogP contribution in [0, 0.1) is 6.92 Å². The van der Waals surface area contributed by atoms with Crippen LogP contribution in [0.2, 0.25) is 0 Å². The number of ketones is 1. The highest BCUT2D eigenvalue weighted by Crippen LogP contribution is 2.18. The molecule has 2 nitrogen and oxygen atoms in total. The second kappa shape index (κ2) is 3.92. The standard InChI is InChI=1S/C10H11BrO2/c1-6-5-8(12)3-4-9(6)10(13)7(2)11/h3-5,7,12H,1-2H3. The molecule has 1 unspecified atom stereocenters. The Morgan fingerprint density at radius 2 is 2.15 bits per heavy atom. The van der Waals surface area contributed by atoms with Crippen LogP contribution in [0.15, 0.2) is 18.2 Å². The number of hydrogen-bond donors (Lipinski definition) is 1. The lowest BCUT2D eigenvalue weighted by atomic mass is 10.0. The Labute approximate surface area is 85.7 Å². The van der Waals surface area contributed by atoms with Crippen molar-refractivity contribution in [2.24, 2.45) is 0 Å². The van der Waals surface area contributed by atoms with Crippen LogP contribution in [0.25, 0.3) is 0 Å². The highest BCUT2D eigenvalue weighted by Gasteiger charge is 2.13. The van der Waals surface area contributed by atoms with Crippen molar-refractivity contribution in [3.63, 3.8) is 0 Å². The number of alkyl halides is 1. The molecule has 0 fully saturated rings. The molecule has 0 aliphatic carbocycles. The first-order chi connectivity index (χ1) is 6.02. The monoisotopic (exact) mass is 242 g/mol. The van der Waals surface area contributed by atoms with Gasteiger partial charge in [0.1, 0.15) is 5.75 Å². The third kappa shape index (κ3) is 2.31. The topological polar surface area (TPSA) is 37.3 Å². The van der Waals surface area contributed by atoms with E-state index < -0.39 is 0 Å². The minimum Gasteiger partial charge on any atom is -0.508 e. The molecule has 0 spiro atoms. The maximum atomic E-state index is 11.5. The number of phenolic OH excluding ortho intramolecular Hbond substituents is 1. The number of aryl methyl sites for hydroxylation is 1. The van der Waals surface area contributed by atoms with Gasteiger partial charge in [-0.1, -0.05) is 15.9 Å². The summed E-state index contributed by atoms with van der Waals surface area (Å²) in [4.78, 5) is 11.4. The molecule has 0 aliphatic rings. The molecule has 0 amide bonds. The largest absolute Gasteiger partial charge is 0.508 e. The fourth-order valence-electron chi connectivity index (χ4n) is 1.14. The molecule has 0 saturated carbocycles. The predicted molar refractivity (Wildman–Crippen MR) is 55.6 cm³/mol. The van der Waals surface area contributed by atoms with E-state index in [1.807, 2.05) is 6.92 Å². The van der Waals surface area contributed by atoms with Gasteiger partial charge in [0, 0.05) is 5.56 Å². The summed E-state index contributed by atoms with van der Waals surface area (Å²) in [5.74, 6) is 0.230. The molecular formula is C10H11BrO2. The van der Waals surface area contributed by atoms with Gasteiger partial charge in [-0.15, -0.1) is 0 Å². The van der Waals surface area contributed by atoms with E-state index in [4.69, 9.17) is 5.11 Å². The first-order valence-corrected chi connectivity index (χ1v) is 4.92. The molecule has 0 heterocycles. The number of aromatic hydroxyl groups is 1. The highest BCUT2D eigenvalue weighted by molar-refractivity contribution is 9.10. The van der Waals surface area contributed by atoms with Gasteiger partial charge in [0.05, 0.1) is 4.83 Å². The van der Waals surface area contributed by atoms with Gasteiger partial charge in [-0.2, -0.15) is 0 Å². The van der Waals surface area contributed by atoms with Crippen molar-refractivity contribution >= 4 is 21.7 Å².